The van der Waals surface area contributed by atoms with E-state index < -0.39 is 17.6 Å². The van der Waals surface area contributed by atoms with Gasteiger partial charge in [-0.1, -0.05) is 18.2 Å². The lowest BCUT2D eigenvalue weighted by atomic mass is 10.0. The quantitative estimate of drug-likeness (QED) is 0.339. The molecule has 2 aromatic carbocycles. The molecule has 1 amide bonds. The van der Waals surface area contributed by atoms with Crippen LogP contribution in [0.25, 0.3) is 6.08 Å². The van der Waals surface area contributed by atoms with Crippen molar-refractivity contribution in [2.24, 2.45) is 4.99 Å². The molecule has 0 saturated heterocycles. The van der Waals surface area contributed by atoms with Gasteiger partial charge in [0, 0.05) is 30.6 Å². The smallest absolute Gasteiger partial charge is 0.416 e. The Morgan fingerprint density at radius 3 is 2.69 bits per heavy atom. The number of halogens is 3. The van der Waals surface area contributed by atoms with Crippen LogP contribution in [0.2, 0.25) is 0 Å². The Morgan fingerprint density at radius 2 is 1.95 bits per heavy atom. The number of ether oxygens (including phenoxy) is 1. The van der Waals surface area contributed by atoms with Crippen LogP contribution < -0.4 is 15.4 Å². The average molecular weight is 538 g/mol. The van der Waals surface area contributed by atoms with Crippen molar-refractivity contribution in [3.05, 3.63) is 89.3 Å². The monoisotopic (exact) mass is 537 g/mol. The van der Waals surface area contributed by atoms with Crippen LogP contribution in [0.5, 0.6) is 11.5 Å². The lowest BCUT2D eigenvalue weighted by molar-refractivity contribution is -0.138. The minimum atomic E-state index is -4.51. The van der Waals surface area contributed by atoms with Crippen molar-refractivity contribution in [2.45, 2.75) is 19.0 Å². The maximum atomic E-state index is 13.7. The predicted molar refractivity (Wildman–Crippen MR) is 146 cm³/mol. The summed E-state index contributed by atoms with van der Waals surface area (Å²) in [5.74, 6) is 1.32. The Kier molecular flexibility index (Phi) is 8.98. The first-order valence-corrected chi connectivity index (χ1v) is 12.5. The number of carbonyl (C=O) groups excluding carboxylic acids is 1. The second-order valence-corrected chi connectivity index (χ2v) is 9.31. The molecule has 0 spiro atoms. The number of hydrogen-bond acceptors (Lipinski definition) is 6. The molecule has 0 aliphatic carbocycles. The fraction of sp³-hybridized carbons (Fsp3) is 0.276. The number of benzene rings is 2. The molecule has 2 N–H and O–H groups in total. The van der Waals surface area contributed by atoms with E-state index >= 15 is 0 Å². The van der Waals surface area contributed by atoms with Crippen LogP contribution in [-0.2, 0) is 17.4 Å². The van der Waals surface area contributed by atoms with E-state index in [1.54, 1.807) is 48.7 Å². The van der Waals surface area contributed by atoms with Crippen LogP contribution in [0, 0.1) is 0 Å². The van der Waals surface area contributed by atoms with Gasteiger partial charge in [-0.2, -0.15) is 13.2 Å². The summed E-state index contributed by atoms with van der Waals surface area (Å²) in [4.78, 5) is 23.1. The molecule has 1 aliphatic rings. The van der Waals surface area contributed by atoms with Gasteiger partial charge in [0.25, 0.3) is 0 Å². The SMILES string of the molecule is CN(C)CCCc1ccc(NC(=O)C=Cc2cccc(Oc3ccnc(C4=NCCN4)c3)c2)cc1C(F)(F)F. The van der Waals surface area contributed by atoms with Crippen molar-refractivity contribution in [2.75, 3.05) is 39.0 Å². The van der Waals surface area contributed by atoms with Crippen molar-refractivity contribution in [1.29, 1.82) is 0 Å². The zero-order chi connectivity index (χ0) is 27.8. The first-order valence-electron chi connectivity index (χ1n) is 12.5. The highest BCUT2D eigenvalue weighted by molar-refractivity contribution is 6.02. The fourth-order valence-electron chi connectivity index (χ4n) is 4.07. The molecule has 1 aromatic heterocycles. The number of anilines is 1. The molecule has 10 heteroatoms. The van der Waals surface area contributed by atoms with E-state index in [-0.39, 0.29) is 11.3 Å². The van der Waals surface area contributed by atoms with Gasteiger partial charge >= 0.3 is 6.18 Å². The molecule has 0 atom stereocenters. The summed E-state index contributed by atoms with van der Waals surface area (Å²) >= 11 is 0. The topological polar surface area (TPSA) is 78.9 Å². The van der Waals surface area contributed by atoms with Gasteiger partial charge in [-0.05, 0) is 81.0 Å². The lowest BCUT2D eigenvalue weighted by Crippen LogP contribution is -2.20. The number of amides is 1. The van der Waals surface area contributed by atoms with Crippen LogP contribution >= 0.6 is 0 Å². The van der Waals surface area contributed by atoms with Gasteiger partial charge in [-0.3, -0.25) is 14.8 Å². The summed E-state index contributed by atoms with van der Waals surface area (Å²) in [5, 5.41) is 5.69. The predicted octanol–water partition coefficient (Wildman–Crippen LogP) is 5.39. The Bertz CT molecular complexity index is 1370. The molecule has 204 valence electrons. The zero-order valence-electron chi connectivity index (χ0n) is 21.8. The van der Waals surface area contributed by atoms with Crippen LogP contribution in [-0.4, -0.2) is 55.4 Å². The Labute approximate surface area is 225 Å². The summed E-state index contributed by atoms with van der Waals surface area (Å²) in [6.07, 6.45) is 0.862. The van der Waals surface area contributed by atoms with Crippen molar-refractivity contribution in [3.8, 4) is 11.5 Å². The van der Waals surface area contributed by atoms with Crippen molar-refractivity contribution >= 4 is 23.5 Å². The van der Waals surface area contributed by atoms with Gasteiger partial charge < -0.3 is 20.3 Å². The summed E-state index contributed by atoms with van der Waals surface area (Å²) in [6.45, 7) is 2.16. The lowest BCUT2D eigenvalue weighted by Gasteiger charge is -2.16. The van der Waals surface area contributed by atoms with E-state index in [0.29, 0.717) is 48.7 Å². The van der Waals surface area contributed by atoms with E-state index in [9.17, 15) is 18.0 Å². The second-order valence-electron chi connectivity index (χ2n) is 9.31. The van der Waals surface area contributed by atoms with Gasteiger partial charge in [-0.15, -0.1) is 0 Å². The van der Waals surface area contributed by atoms with Gasteiger partial charge in [-0.25, -0.2) is 0 Å². The standard InChI is InChI=1S/C29H30F3N5O2/c1-37(2)16-4-6-21-9-10-22(18-25(21)29(30,31)32)36-27(38)11-8-20-5-3-7-23(17-20)39-24-12-13-33-26(19-24)28-34-14-15-35-28/h3,5,7-13,17-19H,4,6,14-16H2,1-2H3,(H,34,35)(H,36,38). The third kappa shape index (κ3) is 8.15. The number of amidine groups is 1. The van der Waals surface area contributed by atoms with Crippen molar-refractivity contribution in [1.82, 2.24) is 15.2 Å². The highest BCUT2D eigenvalue weighted by Crippen LogP contribution is 2.34. The number of aliphatic imine (C=N–C) groups is 1. The number of alkyl halides is 3. The summed E-state index contributed by atoms with van der Waals surface area (Å²) in [7, 11) is 3.75. The van der Waals surface area contributed by atoms with Gasteiger partial charge in [0.05, 0.1) is 12.1 Å². The summed E-state index contributed by atoms with van der Waals surface area (Å²) < 4.78 is 46.9. The maximum Gasteiger partial charge on any atom is 0.416 e. The maximum absolute atomic E-state index is 13.7. The number of nitrogens with one attached hydrogen (secondary N) is 2. The zero-order valence-corrected chi connectivity index (χ0v) is 21.8. The molecule has 3 aromatic rings. The van der Waals surface area contributed by atoms with E-state index in [1.165, 1.54) is 18.2 Å². The molecular weight excluding hydrogens is 507 g/mol. The van der Waals surface area contributed by atoms with Gasteiger partial charge in [0.15, 0.2) is 0 Å². The molecule has 4 rings (SSSR count). The molecule has 2 heterocycles. The van der Waals surface area contributed by atoms with Gasteiger partial charge in [0.1, 0.15) is 23.0 Å². The third-order valence-electron chi connectivity index (χ3n) is 5.90. The highest BCUT2D eigenvalue weighted by Gasteiger charge is 2.33. The number of aryl methyl sites for hydroxylation is 1. The van der Waals surface area contributed by atoms with Crippen molar-refractivity contribution < 1.29 is 22.7 Å². The molecule has 0 bridgehead atoms. The minimum absolute atomic E-state index is 0.0836. The molecule has 39 heavy (non-hydrogen) atoms. The van der Waals surface area contributed by atoms with E-state index in [1.807, 2.05) is 19.0 Å². The molecule has 0 fully saturated rings. The average Bonchev–Trinajstić information content (AvgIpc) is 3.43. The molecule has 0 radical (unpaired) electrons. The number of carbonyl (C=O) groups is 1. The normalized spacial score (nSPS) is 13.4. The molecular formula is C29H30F3N5O2. The Morgan fingerprint density at radius 1 is 1.13 bits per heavy atom. The number of aromatic nitrogens is 1. The summed E-state index contributed by atoms with van der Waals surface area (Å²) in [5.41, 5.74) is 0.936. The van der Waals surface area contributed by atoms with Crippen LogP contribution in [0.1, 0.15) is 28.8 Å². The number of pyridine rings is 1. The van der Waals surface area contributed by atoms with E-state index in [0.717, 1.165) is 18.4 Å². The first-order chi connectivity index (χ1) is 18.7. The third-order valence-corrected chi connectivity index (χ3v) is 5.90. The van der Waals surface area contributed by atoms with Crippen LogP contribution in [0.15, 0.2) is 71.9 Å². The molecule has 0 unspecified atom stereocenters. The summed E-state index contributed by atoms with van der Waals surface area (Å²) in [6, 6.07) is 14.5. The van der Waals surface area contributed by atoms with Crippen LogP contribution in [0.4, 0.5) is 18.9 Å². The second kappa shape index (κ2) is 12.6. The molecule has 0 saturated carbocycles. The fourth-order valence-corrected chi connectivity index (χ4v) is 4.07. The highest BCUT2D eigenvalue weighted by atomic mass is 19.4. The van der Waals surface area contributed by atoms with E-state index in [4.69, 9.17) is 4.74 Å². The van der Waals surface area contributed by atoms with Gasteiger partial charge in [0.2, 0.25) is 5.91 Å². The molecule has 7 nitrogen and oxygen atoms in total. The molecule has 1 aliphatic heterocycles. The van der Waals surface area contributed by atoms with Crippen molar-refractivity contribution in [3.63, 3.8) is 0 Å². The minimum Gasteiger partial charge on any atom is -0.457 e. The van der Waals surface area contributed by atoms with E-state index in [2.05, 4.69) is 20.6 Å². The Balaban J connectivity index is 1.40. The Hall–Kier alpha value is -4.18. The number of hydrogen-bond donors (Lipinski definition) is 2. The first kappa shape index (κ1) is 27.8. The number of nitrogens with zero attached hydrogens (tertiary/aromatic N) is 3. The van der Waals surface area contributed by atoms with Crippen LogP contribution in [0.3, 0.4) is 0 Å². The number of rotatable bonds is 10. The largest absolute Gasteiger partial charge is 0.457 e.